The molecule has 0 spiro atoms. The Morgan fingerprint density at radius 1 is 0.732 bits per heavy atom. The van der Waals surface area contributed by atoms with Crippen LogP contribution in [0, 0.1) is 0 Å². The van der Waals surface area contributed by atoms with Gasteiger partial charge in [0.05, 0.1) is 23.3 Å². The molecular weight excluding hydrogens is 579 g/mol. The van der Waals surface area contributed by atoms with Crippen LogP contribution in [-0.2, 0) is 29.7 Å². The van der Waals surface area contributed by atoms with Crippen molar-refractivity contribution in [2.24, 2.45) is 4.99 Å². The number of sulfonamides is 1. The molecule has 0 N–H and O–H groups in total. The number of rotatable bonds is 11. The fourth-order valence-electron chi connectivity index (χ4n) is 4.01. The van der Waals surface area contributed by atoms with Crippen LogP contribution in [0.1, 0.15) is 22.6 Å². The van der Waals surface area contributed by atoms with Gasteiger partial charge in [-0.1, -0.05) is 65.7 Å². The Balaban J connectivity index is 1.27. The van der Waals surface area contributed by atoms with Crippen LogP contribution in [0.2, 0.25) is 10.0 Å². The Bertz CT molecular complexity index is 1700. The molecule has 0 saturated heterocycles. The Hall–Kier alpha value is -3.88. The van der Waals surface area contributed by atoms with Crippen molar-refractivity contribution in [3.8, 4) is 5.75 Å². The van der Waals surface area contributed by atoms with E-state index in [0.717, 1.165) is 22.6 Å². The Kier molecular flexibility index (Phi) is 9.21. The molecule has 1 heterocycles. The first-order valence-corrected chi connectivity index (χ1v) is 14.9. The van der Waals surface area contributed by atoms with E-state index in [1.165, 1.54) is 16.4 Å². The van der Waals surface area contributed by atoms with Crippen molar-refractivity contribution in [2.45, 2.75) is 24.6 Å². The summed E-state index contributed by atoms with van der Waals surface area (Å²) in [4.78, 5) is 4.62. The van der Waals surface area contributed by atoms with Crippen molar-refractivity contribution in [3.05, 3.63) is 148 Å². The number of halogens is 2. The number of furan rings is 1. The highest BCUT2D eigenvalue weighted by atomic mass is 35.5. The van der Waals surface area contributed by atoms with Gasteiger partial charge < -0.3 is 9.15 Å². The summed E-state index contributed by atoms with van der Waals surface area (Å²) < 4.78 is 40.3. The van der Waals surface area contributed by atoms with Crippen molar-refractivity contribution >= 4 is 45.1 Å². The number of ether oxygens (including phenoxy) is 1. The quantitative estimate of drug-likeness (QED) is 0.142. The van der Waals surface area contributed by atoms with Crippen molar-refractivity contribution in [2.75, 3.05) is 0 Å². The molecule has 208 valence electrons. The second-order valence-corrected chi connectivity index (χ2v) is 12.0. The average Bonchev–Trinajstić information content (AvgIpc) is 3.44. The number of benzene rings is 4. The summed E-state index contributed by atoms with van der Waals surface area (Å²) in [5.74, 6) is 1.72. The number of nitrogens with zero attached hydrogens (tertiary/aromatic N) is 2. The largest absolute Gasteiger partial charge is 0.489 e. The highest BCUT2D eigenvalue weighted by molar-refractivity contribution is 7.89. The lowest BCUT2D eigenvalue weighted by Crippen LogP contribution is -2.30. The molecule has 0 bridgehead atoms. The molecule has 4 aromatic carbocycles. The molecule has 0 radical (unpaired) electrons. The van der Waals surface area contributed by atoms with Gasteiger partial charge in [0.25, 0.3) is 0 Å². The van der Waals surface area contributed by atoms with E-state index in [-0.39, 0.29) is 18.0 Å². The van der Waals surface area contributed by atoms with Gasteiger partial charge in [0, 0.05) is 16.6 Å². The summed E-state index contributed by atoms with van der Waals surface area (Å²) in [5.41, 5.74) is 2.61. The van der Waals surface area contributed by atoms with Crippen molar-refractivity contribution in [1.82, 2.24) is 4.31 Å². The predicted octanol–water partition coefficient (Wildman–Crippen LogP) is 8.31. The molecule has 6 nitrogen and oxygen atoms in total. The van der Waals surface area contributed by atoms with Crippen LogP contribution in [0.15, 0.2) is 130 Å². The lowest BCUT2D eigenvalue weighted by molar-refractivity contribution is 0.306. The third kappa shape index (κ3) is 7.86. The van der Waals surface area contributed by atoms with Gasteiger partial charge in [-0.15, -0.1) is 0 Å². The van der Waals surface area contributed by atoms with E-state index < -0.39 is 10.0 Å². The maximum absolute atomic E-state index is 13.6. The summed E-state index contributed by atoms with van der Waals surface area (Å²) in [6, 6.07) is 34.0. The van der Waals surface area contributed by atoms with E-state index in [1.807, 2.05) is 54.6 Å². The van der Waals surface area contributed by atoms with Gasteiger partial charge in [-0.25, -0.2) is 8.42 Å². The smallest absolute Gasteiger partial charge is 0.243 e. The topological polar surface area (TPSA) is 72.1 Å². The zero-order chi connectivity index (χ0) is 28.7. The van der Waals surface area contributed by atoms with Crippen molar-refractivity contribution < 1.29 is 17.6 Å². The minimum absolute atomic E-state index is 0.0227. The average molecular weight is 606 g/mol. The highest BCUT2D eigenvalue weighted by Gasteiger charge is 2.26. The zero-order valence-corrected chi connectivity index (χ0v) is 24.2. The molecule has 0 aliphatic heterocycles. The van der Waals surface area contributed by atoms with Gasteiger partial charge in [-0.2, -0.15) is 4.31 Å². The lowest BCUT2D eigenvalue weighted by Gasteiger charge is -2.21. The van der Waals surface area contributed by atoms with Gasteiger partial charge in [0.1, 0.15) is 23.9 Å². The molecule has 0 fully saturated rings. The number of hydrogen-bond donors (Lipinski definition) is 0. The number of aliphatic imine (C=N–C) groups is 1. The molecule has 1 aromatic heterocycles. The van der Waals surface area contributed by atoms with Gasteiger partial charge in [-0.05, 0) is 83.9 Å². The molecule has 0 atom stereocenters. The molecule has 5 aromatic rings. The summed E-state index contributed by atoms with van der Waals surface area (Å²) >= 11 is 12.0. The summed E-state index contributed by atoms with van der Waals surface area (Å²) in [6.45, 7) is 0.640. The molecular formula is C32H26Cl2N2O4S. The third-order valence-electron chi connectivity index (χ3n) is 6.16. The van der Waals surface area contributed by atoms with Crippen LogP contribution in [-0.4, -0.2) is 18.9 Å². The van der Waals surface area contributed by atoms with Crippen LogP contribution in [0.3, 0.4) is 0 Å². The number of hydrogen-bond acceptors (Lipinski definition) is 5. The summed E-state index contributed by atoms with van der Waals surface area (Å²) in [7, 11) is -3.86. The first-order chi connectivity index (χ1) is 19.8. The second-order valence-electron chi connectivity index (χ2n) is 9.18. The van der Waals surface area contributed by atoms with Crippen LogP contribution in [0.4, 0.5) is 5.69 Å². The molecule has 0 saturated carbocycles. The first kappa shape index (κ1) is 28.6. The Morgan fingerprint density at radius 3 is 2.07 bits per heavy atom. The van der Waals surface area contributed by atoms with E-state index in [9.17, 15) is 8.42 Å². The molecule has 9 heteroatoms. The molecule has 0 unspecified atom stereocenters. The standard InChI is InChI=1S/C32H26Cl2N2O4S/c33-26-8-6-24(7-9-26)21-36(41(37,38)32-18-10-27(34)11-19-32)22-31-17-16-30(40-31)20-35-28-12-14-29(15-13-28)39-23-25-4-2-1-3-5-25/h1-20H,21-23H2. The minimum atomic E-state index is -3.86. The Labute approximate surface area is 249 Å². The van der Waals surface area contributed by atoms with Crippen LogP contribution < -0.4 is 4.74 Å². The monoisotopic (exact) mass is 604 g/mol. The predicted molar refractivity (Wildman–Crippen MR) is 163 cm³/mol. The molecule has 0 aliphatic rings. The fourth-order valence-corrected chi connectivity index (χ4v) is 5.65. The minimum Gasteiger partial charge on any atom is -0.489 e. The zero-order valence-electron chi connectivity index (χ0n) is 21.9. The van der Waals surface area contributed by atoms with Crippen LogP contribution in [0.5, 0.6) is 5.75 Å². The maximum atomic E-state index is 13.6. The second kappa shape index (κ2) is 13.2. The van der Waals surface area contributed by atoms with E-state index in [1.54, 1.807) is 54.7 Å². The molecule has 0 aliphatic carbocycles. The maximum Gasteiger partial charge on any atom is 0.243 e. The van der Waals surface area contributed by atoms with Crippen LogP contribution in [0.25, 0.3) is 0 Å². The SMILES string of the molecule is O=S(=O)(c1ccc(Cl)cc1)N(Cc1ccc(Cl)cc1)Cc1ccc(C=Nc2ccc(OCc3ccccc3)cc2)o1. The highest BCUT2D eigenvalue weighted by Crippen LogP contribution is 2.24. The van der Waals surface area contributed by atoms with Crippen molar-refractivity contribution in [3.63, 3.8) is 0 Å². The molecule has 0 amide bonds. The summed E-state index contributed by atoms with van der Waals surface area (Å²) in [6.07, 6.45) is 1.60. The van der Waals surface area contributed by atoms with E-state index in [2.05, 4.69) is 4.99 Å². The van der Waals surface area contributed by atoms with Crippen LogP contribution >= 0.6 is 23.2 Å². The van der Waals surface area contributed by atoms with Gasteiger partial charge >= 0.3 is 0 Å². The normalized spacial score (nSPS) is 11.8. The van der Waals surface area contributed by atoms with Gasteiger partial charge in [0.15, 0.2) is 0 Å². The van der Waals surface area contributed by atoms with Gasteiger partial charge in [0.2, 0.25) is 10.0 Å². The lowest BCUT2D eigenvalue weighted by atomic mass is 10.2. The summed E-state index contributed by atoms with van der Waals surface area (Å²) in [5, 5.41) is 1.03. The van der Waals surface area contributed by atoms with Gasteiger partial charge in [-0.3, -0.25) is 4.99 Å². The Morgan fingerprint density at radius 2 is 1.39 bits per heavy atom. The first-order valence-electron chi connectivity index (χ1n) is 12.7. The van der Waals surface area contributed by atoms with E-state index >= 15 is 0 Å². The van der Waals surface area contributed by atoms with E-state index in [0.29, 0.717) is 28.2 Å². The van der Waals surface area contributed by atoms with E-state index in [4.69, 9.17) is 32.4 Å². The van der Waals surface area contributed by atoms with Crippen molar-refractivity contribution in [1.29, 1.82) is 0 Å². The molecule has 41 heavy (non-hydrogen) atoms. The fraction of sp³-hybridized carbons (Fsp3) is 0.0938. The third-order valence-corrected chi connectivity index (χ3v) is 8.47. The molecule has 5 rings (SSSR count).